The molecule has 0 spiro atoms. The van der Waals surface area contributed by atoms with E-state index in [2.05, 4.69) is 4.90 Å². The van der Waals surface area contributed by atoms with Gasteiger partial charge in [-0.05, 0) is 26.1 Å². The van der Waals surface area contributed by atoms with E-state index < -0.39 is 9.84 Å². The summed E-state index contributed by atoms with van der Waals surface area (Å²) >= 11 is 0. The van der Waals surface area contributed by atoms with Gasteiger partial charge in [0.1, 0.15) is 0 Å². The Hall–Kier alpha value is -0.130. The predicted octanol–water partition coefficient (Wildman–Crippen LogP) is 0.0918. The van der Waals surface area contributed by atoms with Crippen LogP contribution in [0.25, 0.3) is 0 Å². The van der Waals surface area contributed by atoms with Crippen LogP contribution >= 0.6 is 0 Å². The lowest BCUT2D eigenvalue weighted by atomic mass is 10.5. The molecule has 0 aliphatic rings. The van der Waals surface area contributed by atoms with E-state index in [0.29, 0.717) is 19.5 Å². The van der Waals surface area contributed by atoms with Gasteiger partial charge >= 0.3 is 0 Å². The van der Waals surface area contributed by atoms with Gasteiger partial charge in [-0.25, -0.2) is 8.42 Å². The molecule has 0 aliphatic heterocycles. The summed E-state index contributed by atoms with van der Waals surface area (Å²) in [5.41, 5.74) is 5.27. The van der Waals surface area contributed by atoms with Crippen molar-refractivity contribution >= 4 is 9.84 Å². The van der Waals surface area contributed by atoms with Crippen molar-refractivity contribution in [2.75, 3.05) is 37.7 Å². The minimum absolute atomic E-state index is 0.227. The Balaban J connectivity index is 3.86. The summed E-state index contributed by atoms with van der Waals surface area (Å²) < 4.78 is 22.9. The highest BCUT2D eigenvalue weighted by Gasteiger charge is 2.11. The molecule has 0 aromatic heterocycles. The zero-order valence-electron chi connectivity index (χ0n) is 9.20. The van der Waals surface area contributed by atoms with Crippen LogP contribution in [0.1, 0.15) is 20.3 Å². The highest BCUT2D eigenvalue weighted by Crippen LogP contribution is 1.96. The fourth-order valence-corrected chi connectivity index (χ4v) is 2.56. The van der Waals surface area contributed by atoms with Crippen LogP contribution in [0.2, 0.25) is 0 Å². The fourth-order valence-electron chi connectivity index (χ4n) is 1.21. The average Bonchev–Trinajstić information content (AvgIpc) is 2.16. The second-order valence-corrected chi connectivity index (χ2v) is 5.62. The Morgan fingerprint density at radius 1 is 1.14 bits per heavy atom. The molecule has 0 radical (unpaired) electrons. The minimum atomic E-state index is -2.88. The molecule has 0 bridgehead atoms. The molecule has 0 atom stereocenters. The van der Waals surface area contributed by atoms with Crippen molar-refractivity contribution in [2.24, 2.45) is 5.73 Å². The van der Waals surface area contributed by atoms with Crippen LogP contribution in [0.3, 0.4) is 0 Å². The van der Waals surface area contributed by atoms with E-state index in [4.69, 9.17) is 5.73 Å². The normalized spacial score (nSPS) is 12.3. The molecule has 0 saturated heterocycles. The molecule has 0 fully saturated rings. The van der Waals surface area contributed by atoms with Gasteiger partial charge < -0.3 is 10.6 Å². The first-order valence-electron chi connectivity index (χ1n) is 5.18. The van der Waals surface area contributed by atoms with Gasteiger partial charge in [0.25, 0.3) is 0 Å². The van der Waals surface area contributed by atoms with Gasteiger partial charge in [-0.1, -0.05) is 13.8 Å². The van der Waals surface area contributed by atoms with Gasteiger partial charge in [-0.2, -0.15) is 0 Å². The van der Waals surface area contributed by atoms with Crippen LogP contribution in [-0.4, -0.2) is 51.0 Å². The third-order valence-corrected chi connectivity index (χ3v) is 3.99. The summed E-state index contributed by atoms with van der Waals surface area (Å²) in [5, 5.41) is 0. The van der Waals surface area contributed by atoms with E-state index in [-0.39, 0.29) is 11.5 Å². The highest BCUT2D eigenvalue weighted by atomic mass is 32.2. The molecule has 2 N–H and O–H groups in total. The molecule has 0 aromatic rings. The first kappa shape index (κ1) is 13.9. The molecule has 86 valence electrons. The maximum absolute atomic E-state index is 11.4. The van der Waals surface area contributed by atoms with Gasteiger partial charge in [0.05, 0.1) is 11.5 Å². The highest BCUT2D eigenvalue weighted by molar-refractivity contribution is 7.91. The number of rotatable bonds is 8. The first-order valence-corrected chi connectivity index (χ1v) is 7.00. The van der Waals surface area contributed by atoms with Crippen LogP contribution in [0, 0.1) is 0 Å². The lowest BCUT2D eigenvalue weighted by molar-refractivity contribution is 0.321. The van der Waals surface area contributed by atoms with E-state index in [1.807, 2.05) is 13.8 Å². The quantitative estimate of drug-likeness (QED) is 0.632. The number of nitrogens with two attached hydrogens (primary N) is 1. The average molecular weight is 222 g/mol. The van der Waals surface area contributed by atoms with Crippen LogP contribution in [-0.2, 0) is 9.84 Å². The van der Waals surface area contributed by atoms with Crippen LogP contribution in [0.4, 0.5) is 0 Å². The summed E-state index contributed by atoms with van der Waals surface area (Å²) in [6.45, 7) is 6.97. The molecule has 0 unspecified atom stereocenters. The van der Waals surface area contributed by atoms with Crippen LogP contribution in [0.5, 0.6) is 0 Å². The zero-order chi connectivity index (χ0) is 11.0. The summed E-state index contributed by atoms with van der Waals surface area (Å²) in [5.74, 6) is 0.486. The van der Waals surface area contributed by atoms with E-state index in [0.717, 1.165) is 13.1 Å². The third-order valence-electron chi connectivity index (χ3n) is 2.27. The second-order valence-electron chi connectivity index (χ2n) is 3.32. The van der Waals surface area contributed by atoms with Gasteiger partial charge in [0, 0.05) is 6.54 Å². The standard InChI is InChI=1S/C9H22N2O2S/c1-3-11(4-2)7-9-14(12,13)8-5-6-10/h3-10H2,1-2H3. The molecular weight excluding hydrogens is 200 g/mol. The van der Waals surface area contributed by atoms with E-state index in [9.17, 15) is 8.42 Å². The molecule has 4 nitrogen and oxygen atoms in total. The molecule has 0 heterocycles. The molecule has 14 heavy (non-hydrogen) atoms. The zero-order valence-corrected chi connectivity index (χ0v) is 10.0. The molecule has 0 aromatic carbocycles. The second kappa shape index (κ2) is 7.20. The number of hydrogen-bond acceptors (Lipinski definition) is 4. The Labute approximate surface area is 87.4 Å². The van der Waals surface area contributed by atoms with Crippen LogP contribution in [0.15, 0.2) is 0 Å². The van der Waals surface area contributed by atoms with E-state index in [1.54, 1.807) is 0 Å². The molecule has 0 rings (SSSR count). The summed E-state index contributed by atoms with van der Waals surface area (Å²) in [7, 11) is -2.88. The van der Waals surface area contributed by atoms with E-state index >= 15 is 0 Å². The Morgan fingerprint density at radius 2 is 1.71 bits per heavy atom. The topological polar surface area (TPSA) is 63.4 Å². The van der Waals surface area contributed by atoms with Gasteiger partial charge in [-0.3, -0.25) is 0 Å². The molecule has 0 saturated carbocycles. The van der Waals surface area contributed by atoms with Crippen molar-refractivity contribution in [1.82, 2.24) is 4.90 Å². The Bertz CT molecular complexity index is 223. The van der Waals surface area contributed by atoms with Crippen molar-refractivity contribution in [2.45, 2.75) is 20.3 Å². The lowest BCUT2D eigenvalue weighted by Crippen LogP contribution is -2.30. The lowest BCUT2D eigenvalue weighted by Gasteiger charge is -2.17. The predicted molar refractivity (Wildman–Crippen MR) is 60.1 cm³/mol. The van der Waals surface area contributed by atoms with Gasteiger partial charge in [0.2, 0.25) is 0 Å². The summed E-state index contributed by atoms with van der Waals surface area (Å²) in [6, 6.07) is 0. The summed E-state index contributed by atoms with van der Waals surface area (Å²) in [6.07, 6.45) is 0.570. The third kappa shape index (κ3) is 6.34. The summed E-state index contributed by atoms with van der Waals surface area (Å²) in [4.78, 5) is 2.11. The van der Waals surface area contributed by atoms with E-state index in [1.165, 1.54) is 0 Å². The molecule has 5 heteroatoms. The van der Waals surface area contributed by atoms with Crippen LogP contribution < -0.4 is 5.73 Å². The van der Waals surface area contributed by atoms with Crippen molar-refractivity contribution in [3.63, 3.8) is 0 Å². The molecule has 0 amide bonds. The van der Waals surface area contributed by atoms with Crippen molar-refractivity contribution in [1.29, 1.82) is 0 Å². The maximum atomic E-state index is 11.4. The Morgan fingerprint density at radius 3 is 2.14 bits per heavy atom. The van der Waals surface area contributed by atoms with Gasteiger partial charge in [-0.15, -0.1) is 0 Å². The minimum Gasteiger partial charge on any atom is -0.330 e. The number of sulfone groups is 1. The van der Waals surface area contributed by atoms with Crippen molar-refractivity contribution in [3.05, 3.63) is 0 Å². The number of nitrogens with zero attached hydrogens (tertiary/aromatic N) is 1. The smallest absolute Gasteiger partial charge is 0.151 e. The maximum Gasteiger partial charge on any atom is 0.151 e. The largest absolute Gasteiger partial charge is 0.330 e. The first-order chi connectivity index (χ1) is 6.55. The van der Waals surface area contributed by atoms with Crippen molar-refractivity contribution in [3.8, 4) is 0 Å². The number of hydrogen-bond donors (Lipinski definition) is 1. The monoisotopic (exact) mass is 222 g/mol. The van der Waals surface area contributed by atoms with Crippen molar-refractivity contribution < 1.29 is 8.42 Å². The SMILES string of the molecule is CCN(CC)CCS(=O)(=O)CCCN. The Kier molecular flexibility index (Phi) is 7.13. The molecular formula is C9H22N2O2S. The van der Waals surface area contributed by atoms with Gasteiger partial charge in [0.15, 0.2) is 9.84 Å². The molecule has 0 aliphatic carbocycles. The fraction of sp³-hybridized carbons (Fsp3) is 1.00.